The number of furan rings is 1. The van der Waals surface area contributed by atoms with E-state index in [-0.39, 0.29) is 24.0 Å². The number of hydrogen-bond acceptors (Lipinski definition) is 5. The van der Waals surface area contributed by atoms with Crippen LogP contribution in [-0.4, -0.2) is 11.9 Å². The van der Waals surface area contributed by atoms with Gasteiger partial charge in [0.2, 0.25) is 0 Å². The van der Waals surface area contributed by atoms with E-state index < -0.39 is 5.97 Å². The molecule has 0 bridgehead atoms. The largest absolute Gasteiger partial charge is 0.487 e. The van der Waals surface area contributed by atoms with E-state index in [0.717, 1.165) is 18.3 Å². The standard InChI is InChI=1S/C21H12FI2NO4/c22-14-4-1-3-12(7-14)11-28-19-15(23)8-13(9-16(19)24)10-17-21(26)29-20(25-17)18-5-2-6-27-18/h1-10H,11H2/b17-10-. The molecule has 146 valence electrons. The molecule has 1 aromatic heterocycles. The van der Waals surface area contributed by atoms with Crippen molar-refractivity contribution >= 4 is 63.1 Å². The molecule has 2 aromatic carbocycles. The van der Waals surface area contributed by atoms with E-state index in [0.29, 0.717) is 11.5 Å². The lowest BCUT2D eigenvalue weighted by Gasteiger charge is -2.11. The fraction of sp³-hybridized carbons (Fsp3) is 0.0476. The van der Waals surface area contributed by atoms with Crippen LogP contribution in [0.1, 0.15) is 16.9 Å². The van der Waals surface area contributed by atoms with Crippen molar-refractivity contribution in [1.82, 2.24) is 0 Å². The van der Waals surface area contributed by atoms with Crippen molar-refractivity contribution in [1.29, 1.82) is 0 Å². The molecule has 0 saturated heterocycles. The summed E-state index contributed by atoms with van der Waals surface area (Å²) in [5, 5.41) is 0. The number of benzene rings is 2. The molecule has 0 unspecified atom stereocenters. The molecule has 0 saturated carbocycles. The smallest absolute Gasteiger partial charge is 0.363 e. The van der Waals surface area contributed by atoms with Gasteiger partial charge in [-0.05, 0) is 98.8 Å². The Kier molecular flexibility index (Phi) is 5.99. The molecule has 0 aliphatic carbocycles. The quantitative estimate of drug-likeness (QED) is 0.215. The van der Waals surface area contributed by atoms with Crippen molar-refractivity contribution in [3.8, 4) is 5.75 Å². The normalized spacial score (nSPS) is 14.8. The maximum Gasteiger partial charge on any atom is 0.363 e. The van der Waals surface area contributed by atoms with E-state index in [9.17, 15) is 9.18 Å². The van der Waals surface area contributed by atoms with Gasteiger partial charge < -0.3 is 13.9 Å². The summed E-state index contributed by atoms with van der Waals surface area (Å²) in [4.78, 5) is 16.3. The fourth-order valence-electron chi connectivity index (χ4n) is 2.66. The number of esters is 1. The number of cyclic esters (lactones) is 1. The predicted octanol–water partition coefficient (Wildman–Crippen LogP) is 5.55. The van der Waals surface area contributed by atoms with Crippen LogP contribution in [-0.2, 0) is 16.1 Å². The molecule has 1 aliphatic rings. The van der Waals surface area contributed by atoms with Gasteiger partial charge in [-0.1, -0.05) is 12.1 Å². The van der Waals surface area contributed by atoms with Crippen LogP contribution in [0, 0.1) is 13.0 Å². The van der Waals surface area contributed by atoms with Crippen molar-refractivity contribution in [3.05, 3.63) is 90.3 Å². The highest BCUT2D eigenvalue weighted by atomic mass is 127. The first-order valence-electron chi connectivity index (χ1n) is 8.42. The van der Waals surface area contributed by atoms with E-state index in [1.165, 1.54) is 18.4 Å². The van der Waals surface area contributed by atoms with Crippen LogP contribution in [0.25, 0.3) is 6.08 Å². The van der Waals surface area contributed by atoms with Gasteiger partial charge in [-0.15, -0.1) is 0 Å². The number of hydrogen-bond donors (Lipinski definition) is 0. The summed E-state index contributed by atoms with van der Waals surface area (Å²) >= 11 is 4.33. The van der Waals surface area contributed by atoms with Gasteiger partial charge in [-0.25, -0.2) is 14.2 Å². The minimum Gasteiger partial charge on any atom is -0.487 e. The van der Waals surface area contributed by atoms with Crippen LogP contribution in [0.3, 0.4) is 0 Å². The second-order valence-corrected chi connectivity index (χ2v) is 8.37. The second-order valence-electron chi connectivity index (χ2n) is 6.05. The molecule has 3 aromatic rings. The van der Waals surface area contributed by atoms with Gasteiger partial charge in [0, 0.05) is 0 Å². The molecule has 4 rings (SSSR count). The van der Waals surface area contributed by atoms with Crippen LogP contribution in [0.15, 0.2) is 69.9 Å². The number of nitrogens with zero attached hydrogens (tertiary/aromatic N) is 1. The first kappa shape index (κ1) is 20.1. The Morgan fingerprint density at radius 2 is 1.90 bits per heavy atom. The molecule has 29 heavy (non-hydrogen) atoms. The zero-order valence-electron chi connectivity index (χ0n) is 14.7. The van der Waals surface area contributed by atoms with E-state index in [4.69, 9.17) is 13.9 Å². The third kappa shape index (κ3) is 4.69. The molecule has 0 amide bonds. The number of aliphatic imine (C=N–C) groups is 1. The summed E-state index contributed by atoms with van der Waals surface area (Å²) in [5.74, 6) is 0.410. The average molecular weight is 615 g/mol. The van der Waals surface area contributed by atoms with Crippen molar-refractivity contribution in [2.45, 2.75) is 6.61 Å². The lowest BCUT2D eigenvalue weighted by Crippen LogP contribution is -2.04. The SMILES string of the molecule is O=C1OC(c2ccco2)=N/C1=C\c1cc(I)c(OCc2cccc(F)c2)c(I)c1. The van der Waals surface area contributed by atoms with Gasteiger partial charge in [-0.2, -0.15) is 0 Å². The topological polar surface area (TPSA) is 61.0 Å². The number of halogens is 3. The number of ether oxygens (including phenoxy) is 2. The molecule has 0 N–H and O–H groups in total. The summed E-state index contributed by atoms with van der Waals surface area (Å²) in [7, 11) is 0. The second kappa shape index (κ2) is 8.66. The first-order valence-corrected chi connectivity index (χ1v) is 10.6. The zero-order chi connectivity index (χ0) is 20.4. The van der Waals surface area contributed by atoms with Gasteiger partial charge in [-0.3, -0.25) is 0 Å². The molecule has 5 nitrogen and oxygen atoms in total. The third-order valence-electron chi connectivity index (χ3n) is 3.95. The Hall–Kier alpha value is -2.21. The summed E-state index contributed by atoms with van der Waals surface area (Å²) in [5.41, 5.74) is 1.72. The highest BCUT2D eigenvalue weighted by molar-refractivity contribution is 14.1. The molecule has 0 spiro atoms. The molecule has 8 heteroatoms. The van der Waals surface area contributed by atoms with Crippen molar-refractivity contribution in [2.24, 2.45) is 4.99 Å². The number of carbonyl (C=O) groups is 1. The molecule has 0 radical (unpaired) electrons. The highest BCUT2D eigenvalue weighted by Crippen LogP contribution is 2.31. The van der Waals surface area contributed by atoms with Gasteiger partial charge in [0.25, 0.3) is 5.90 Å². The monoisotopic (exact) mass is 615 g/mol. The van der Waals surface area contributed by atoms with Gasteiger partial charge in [0.15, 0.2) is 11.5 Å². The first-order chi connectivity index (χ1) is 14.0. The Balaban J connectivity index is 1.55. The average Bonchev–Trinajstić information content (AvgIpc) is 3.32. The van der Waals surface area contributed by atoms with E-state index in [1.54, 1.807) is 24.3 Å². The Morgan fingerprint density at radius 3 is 2.59 bits per heavy atom. The Morgan fingerprint density at radius 1 is 1.10 bits per heavy atom. The lowest BCUT2D eigenvalue weighted by molar-refractivity contribution is -0.130. The van der Waals surface area contributed by atoms with Gasteiger partial charge >= 0.3 is 5.97 Å². The summed E-state index contributed by atoms with van der Waals surface area (Å²) in [6, 6.07) is 13.4. The van der Waals surface area contributed by atoms with E-state index in [2.05, 4.69) is 50.2 Å². The van der Waals surface area contributed by atoms with Crippen molar-refractivity contribution in [2.75, 3.05) is 0 Å². The maximum atomic E-state index is 13.3. The molecule has 0 fully saturated rings. The molecule has 1 aliphatic heterocycles. The van der Waals surface area contributed by atoms with E-state index >= 15 is 0 Å². The minimum absolute atomic E-state index is 0.144. The van der Waals surface area contributed by atoms with Crippen molar-refractivity contribution in [3.63, 3.8) is 0 Å². The molecule has 2 heterocycles. The molecule has 0 atom stereocenters. The van der Waals surface area contributed by atoms with Crippen LogP contribution in [0.5, 0.6) is 5.75 Å². The third-order valence-corrected chi connectivity index (χ3v) is 5.55. The van der Waals surface area contributed by atoms with Gasteiger partial charge in [0.1, 0.15) is 18.2 Å². The van der Waals surface area contributed by atoms with Crippen molar-refractivity contribution < 1.29 is 23.1 Å². The zero-order valence-corrected chi connectivity index (χ0v) is 19.0. The highest BCUT2D eigenvalue weighted by Gasteiger charge is 2.26. The van der Waals surface area contributed by atoms with Gasteiger partial charge in [0.05, 0.1) is 13.4 Å². The Labute approximate surface area is 192 Å². The lowest BCUT2D eigenvalue weighted by atomic mass is 10.2. The van der Waals surface area contributed by atoms with Crippen LogP contribution in [0.4, 0.5) is 4.39 Å². The summed E-state index contributed by atoms with van der Waals surface area (Å²) in [6.45, 7) is 0.257. The van der Waals surface area contributed by atoms with Crippen LogP contribution in [0.2, 0.25) is 0 Å². The van der Waals surface area contributed by atoms with Crippen LogP contribution < -0.4 is 4.74 Å². The fourth-order valence-corrected chi connectivity index (χ4v) is 4.78. The number of rotatable bonds is 5. The number of carbonyl (C=O) groups excluding carboxylic acids is 1. The minimum atomic E-state index is -0.534. The molecular formula is C21H12FI2NO4. The Bertz CT molecular complexity index is 1120. The van der Waals surface area contributed by atoms with Crippen LogP contribution >= 0.6 is 45.2 Å². The predicted molar refractivity (Wildman–Crippen MR) is 122 cm³/mol. The van der Waals surface area contributed by atoms with E-state index in [1.807, 2.05) is 18.2 Å². The molecular weight excluding hydrogens is 603 g/mol. The summed E-state index contributed by atoms with van der Waals surface area (Å²) < 4.78 is 31.3. The maximum absolute atomic E-state index is 13.3. The summed E-state index contributed by atoms with van der Waals surface area (Å²) in [6.07, 6.45) is 3.14.